The molecule has 0 unspecified atom stereocenters. The van der Waals surface area contributed by atoms with Crippen LogP contribution in [0.5, 0.6) is 23.0 Å². The molecule has 0 aliphatic heterocycles. The molecule has 170 valence electrons. The van der Waals surface area contributed by atoms with Gasteiger partial charge in [0.1, 0.15) is 17.4 Å². The maximum atomic E-state index is 13.2. The summed E-state index contributed by atoms with van der Waals surface area (Å²) < 4.78 is 26.8. The third-order valence-electron chi connectivity index (χ3n) is 5.60. The SMILES string of the molecule is CCOC(=O)[C@@H]1C(=O)C=C(c2ccc(OC)cc2OC)C[C@H]1c1ccc(OC)c(OC)c1. The summed E-state index contributed by atoms with van der Waals surface area (Å²) >= 11 is 0. The van der Waals surface area contributed by atoms with Crippen molar-refractivity contribution in [2.45, 2.75) is 19.3 Å². The van der Waals surface area contributed by atoms with Gasteiger partial charge in [0.05, 0.1) is 35.0 Å². The maximum absolute atomic E-state index is 13.2. The van der Waals surface area contributed by atoms with E-state index in [0.29, 0.717) is 29.4 Å². The van der Waals surface area contributed by atoms with Gasteiger partial charge < -0.3 is 23.7 Å². The summed E-state index contributed by atoms with van der Waals surface area (Å²) in [4.78, 5) is 25.9. The molecule has 0 N–H and O–H groups in total. The van der Waals surface area contributed by atoms with Crippen molar-refractivity contribution in [3.05, 3.63) is 53.6 Å². The van der Waals surface area contributed by atoms with Gasteiger partial charge in [-0.15, -0.1) is 0 Å². The topological polar surface area (TPSA) is 80.3 Å². The highest BCUT2D eigenvalue weighted by Crippen LogP contribution is 2.44. The molecule has 3 rings (SSSR count). The van der Waals surface area contributed by atoms with Crippen LogP contribution >= 0.6 is 0 Å². The van der Waals surface area contributed by atoms with Crippen LogP contribution in [0.25, 0.3) is 5.57 Å². The van der Waals surface area contributed by atoms with Crippen LogP contribution in [0.4, 0.5) is 0 Å². The van der Waals surface area contributed by atoms with E-state index in [1.165, 1.54) is 6.08 Å². The van der Waals surface area contributed by atoms with E-state index in [0.717, 1.165) is 16.7 Å². The number of methoxy groups -OCH3 is 4. The molecule has 2 aromatic rings. The molecule has 0 bridgehead atoms. The number of esters is 1. The number of rotatable bonds is 8. The number of hydrogen-bond acceptors (Lipinski definition) is 7. The van der Waals surface area contributed by atoms with E-state index in [1.807, 2.05) is 18.2 Å². The van der Waals surface area contributed by atoms with Gasteiger partial charge in [0, 0.05) is 17.5 Å². The minimum Gasteiger partial charge on any atom is -0.497 e. The molecule has 0 heterocycles. The van der Waals surface area contributed by atoms with Crippen LogP contribution in [0.3, 0.4) is 0 Å². The number of hydrogen-bond donors (Lipinski definition) is 0. The highest BCUT2D eigenvalue weighted by molar-refractivity contribution is 6.11. The Kier molecular flexibility index (Phi) is 7.41. The molecule has 1 aliphatic carbocycles. The van der Waals surface area contributed by atoms with Gasteiger partial charge in [0.15, 0.2) is 17.3 Å². The summed E-state index contributed by atoms with van der Waals surface area (Å²) in [5, 5.41) is 0. The summed E-state index contributed by atoms with van der Waals surface area (Å²) in [6, 6.07) is 10.9. The first-order valence-electron chi connectivity index (χ1n) is 10.3. The molecule has 0 spiro atoms. The quantitative estimate of drug-likeness (QED) is 0.453. The number of benzene rings is 2. The van der Waals surface area contributed by atoms with Crippen molar-refractivity contribution in [1.29, 1.82) is 0 Å². The Morgan fingerprint density at radius 2 is 1.62 bits per heavy atom. The van der Waals surface area contributed by atoms with E-state index in [4.69, 9.17) is 23.7 Å². The van der Waals surface area contributed by atoms with Crippen molar-refractivity contribution < 1.29 is 33.3 Å². The third kappa shape index (κ3) is 4.56. The van der Waals surface area contributed by atoms with Crippen molar-refractivity contribution in [2.24, 2.45) is 5.92 Å². The molecule has 7 nitrogen and oxygen atoms in total. The molecule has 0 saturated heterocycles. The molecule has 0 aromatic heterocycles. The molecule has 0 radical (unpaired) electrons. The molecule has 1 aliphatic rings. The second-order valence-corrected chi connectivity index (χ2v) is 7.29. The van der Waals surface area contributed by atoms with Gasteiger partial charge in [-0.3, -0.25) is 9.59 Å². The van der Waals surface area contributed by atoms with Crippen molar-refractivity contribution in [2.75, 3.05) is 35.0 Å². The van der Waals surface area contributed by atoms with Gasteiger partial charge in [0.25, 0.3) is 0 Å². The van der Waals surface area contributed by atoms with Crippen LogP contribution in [-0.2, 0) is 14.3 Å². The van der Waals surface area contributed by atoms with Crippen LogP contribution in [0.1, 0.15) is 30.4 Å². The van der Waals surface area contributed by atoms with Gasteiger partial charge in [-0.05, 0) is 54.8 Å². The molecule has 2 aromatic carbocycles. The summed E-state index contributed by atoms with van der Waals surface area (Å²) in [5.74, 6) is 0.112. The lowest BCUT2D eigenvalue weighted by molar-refractivity contribution is -0.151. The highest BCUT2D eigenvalue weighted by atomic mass is 16.5. The second-order valence-electron chi connectivity index (χ2n) is 7.29. The van der Waals surface area contributed by atoms with E-state index in [9.17, 15) is 9.59 Å². The number of carbonyl (C=O) groups excluding carboxylic acids is 2. The minimum atomic E-state index is -0.943. The van der Waals surface area contributed by atoms with E-state index >= 15 is 0 Å². The molecule has 32 heavy (non-hydrogen) atoms. The van der Waals surface area contributed by atoms with Crippen LogP contribution in [0.2, 0.25) is 0 Å². The fourth-order valence-electron chi connectivity index (χ4n) is 4.03. The van der Waals surface area contributed by atoms with E-state index < -0.39 is 17.8 Å². The first-order chi connectivity index (χ1) is 15.5. The van der Waals surface area contributed by atoms with E-state index in [2.05, 4.69) is 0 Å². The zero-order chi connectivity index (χ0) is 23.3. The summed E-state index contributed by atoms with van der Waals surface area (Å²) in [5.41, 5.74) is 2.33. The Bertz CT molecular complexity index is 1020. The summed E-state index contributed by atoms with van der Waals surface area (Å²) in [6.07, 6.45) is 1.95. The maximum Gasteiger partial charge on any atom is 0.317 e. The highest BCUT2D eigenvalue weighted by Gasteiger charge is 2.40. The van der Waals surface area contributed by atoms with Crippen molar-refractivity contribution in [1.82, 2.24) is 0 Å². The van der Waals surface area contributed by atoms with Crippen molar-refractivity contribution in [3.8, 4) is 23.0 Å². The predicted molar refractivity (Wildman–Crippen MR) is 120 cm³/mol. The van der Waals surface area contributed by atoms with Gasteiger partial charge in [0.2, 0.25) is 0 Å². The number of ether oxygens (including phenoxy) is 5. The van der Waals surface area contributed by atoms with E-state index in [-0.39, 0.29) is 12.4 Å². The van der Waals surface area contributed by atoms with Gasteiger partial charge in [-0.25, -0.2) is 0 Å². The Morgan fingerprint density at radius 3 is 2.25 bits per heavy atom. The monoisotopic (exact) mass is 440 g/mol. The molecule has 0 fully saturated rings. The first-order valence-corrected chi connectivity index (χ1v) is 10.3. The average Bonchev–Trinajstić information content (AvgIpc) is 2.82. The third-order valence-corrected chi connectivity index (χ3v) is 5.60. The summed E-state index contributed by atoms with van der Waals surface area (Å²) in [6.45, 7) is 1.92. The second kappa shape index (κ2) is 10.2. The molecule has 0 amide bonds. The van der Waals surface area contributed by atoms with Crippen LogP contribution in [-0.4, -0.2) is 46.8 Å². The zero-order valence-corrected chi connectivity index (χ0v) is 19.0. The van der Waals surface area contributed by atoms with Crippen molar-refractivity contribution in [3.63, 3.8) is 0 Å². The Morgan fingerprint density at radius 1 is 0.906 bits per heavy atom. The number of ketones is 1. The van der Waals surface area contributed by atoms with E-state index in [1.54, 1.807) is 53.6 Å². The molecule has 7 heteroatoms. The standard InChI is InChI=1S/C25H28O7/c1-6-32-25(27)24-19(15-7-10-21(29-3)23(13-15)31-5)11-16(12-20(24)26)18-9-8-17(28-2)14-22(18)30-4/h7-10,12-14,19,24H,6,11H2,1-5H3/t19-,24-/m0/s1. The summed E-state index contributed by atoms with van der Waals surface area (Å²) in [7, 11) is 6.25. The van der Waals surface area contributed by atoms with Gasteiger partial charge in [-0.1, -0.05) is 6.07 Å². The van der Waals surface area contributed by atoms with Crippen LogP contribution in [0.15, 0.2) is 42.5 Å². The fourth-order valence-corrected chi connectivity index (χ4v) is 4.03. The molecule has 0 saturated carbocycles. The largest absolute Gasteiger partial charge is 0.497 e. The smallest absolute Gasteiger partial charge is 0.317 e. The van der Waals surface area contributed by atoms with Gasteiger partial charge in [-0.2, -0.15) is 0 Å². The first kappa shape index (κ1) is 23.2. The molecular formula is C25H28O7. The Labute approximate surface area is 187 Å². The Balaban J connectivity index is 2.09. The molecular weight excluding hydrogens is 412 g/mol. The van der Waals surface area contributed by atoms with Crippen LogP contribution in [0, 0.1) is 5.92 Å². The average molecular weight is 440 g/mol. The lowest BCUT2D eigenvalue weighted by Crippen LogP contribution is -2.34. The predicted octanol–water partition coefficient (Wildman–Crippen LogP) is 4.04. The molecule has 2 atom stereocenters. The lowest BCUT2D eigenvalue weighted by Gasteiger charge is -2.30. The number of carbonyl (C=O) groups is 2. The van der Waals surface area contributed by atoms with Crippen molar-refractivity contribution >= 4 is 17.3 Å². The Hall–Kier alpha value is -3.48. The van der Waals surface area contributed by atoms with Crippen LogP contribution < -0.4 is 18.9 Å². The fraction of sp³-hybridized carbons (Fsp3) is 0.360. The van der Waals surface area contributed by atoms with Gasteiger partial charge >= 0.3 is 5.97 Å². The minimum absolute atomic E-state index is 0.199. The lowest BCUT2D eigenvalue weighted by atomic mass is 9.73. The normalized spacial score (nSPS) is 17.9. The number of allylic oxidation sites excluding steroid dienone is 2. The zero-order valence-electron chi connectivity index (χ0n) is 19.0.